The van der Waals surface area contributed by atoms with Crippen molar-refractivity contribution in [1.82, 2.24) is 5.32 Å². The average Bonchev–Trinajstić information content (AvgIpc) is 2.25. The minimum absolute atomic E-state index is 0.372. The summed E-state index contributed by atoms with van der Waals surface area (Å²) in [7, 11) is 1.62. The van der Waals surface area contributed by atoms with E-state index in [2.05, 4.69) is 35.1 Å². The summed E-state index contributed by atoms with van der Waals surface area (Å²) in [4.78, 5) is 0. The molecular formula is C12H18BrNO2. The van der Waals surface area contributed by atoms with Gasteiger partial charge in [-0.3, -0.25) is 0 Å². The van der Waals surface area contributed by atoms with Gasteiger partial charge in [0.25, 0.3) is 0 Å². The van der Waals surface area contributed by atoms with Gasteiger partial charge in [-0.2, -0.15) is 0 Å². The molecule has 16 heavy (non-hydrogen) atoms. The highest BCUT2D eigenvalue weighted by atomic mass is 79.9. The zero-order chi connectivity index (χ0) is 12.1. The second-order valence-electron chi connectivity index (χ2n) is 3.97. The molecule has 0 saturated heterocycles. The van der Waals surface area contributed by atoms with Gasteiger partial charge in [0.1, 0.15) is 5.75 Å². The molecule has 1 rings (SSSR count). The van der Waals surface area contributed by atoms with E-state index in [4.69, 9.17) is 4.74 Å². The van der Waals surface area contributed by atoms with Crippen LogP contribution in [0.3, 0.4) is 0 Å². The third kappa shape index (κ3) is 3.77. The molecule has 0 aliphatic rings. The van der Waals surface area contributed by atoms with Gasteiger partial charge >= 0.3 is 0 Å². The molecule has 0 amide bonds. The zero-order valence-corrected chi connectivity index (χ0v) is 11.4. The maximum atomic E-state index is 9.93. The molecule has 1 aromatic carbocycles. The van der Waals surface area contributed by atoms with Crippen molar-refractivity contribution in [1.29, 1.82) is 0 Å². The fourth-order valence-electron chi connectivity index (χ4n) is 1.36. The Hall–Kier alpha value is -0.580. The first-order valence-corrected chi connectivity index (χ1v) is 6.08. The Labute approximate surface area is 105 Å². The van der Waals surface area contributed by atoms with Gasteiger partial charge in [0.15, 0.2) is 0 Å². The fourth-order valence-corrected chi connectivity index (χ4v) is 1.91. The molecule has 90 valence electrons. The van der Waals surface area contributed by atoms with Crippen LogP contribution >= 0.6 is 15.9 Å². The van der Waals surface area contributed by atoms with E-state index in [1.165, 1.54) is 0 Å². The summed E-state index contributed by atoms with van der Waals surface area (Å²) in [5, 5.41) is 13.1. The molecule has 0 bridgehead atoms. The lowest BCUT2D eigenvalue weighted by Gasteiger charge is -2.15. The first-order valence-electron chi connectivity index (χ1n) is 5.29. The minimum atomic E-state index is -0.496. The first-order chi connectivity index (χ1) is 7.54. The number of nitrogens with one attached hydrogen (secondary N) is 1. The van der Waals surface area contributed by atoms with Gasteiger partial charge in [-0.1, -0.05) is 19.9 Å². The first kappa shape index (κ1) is 13.5. The predicted molar refractivity (Wildman–Crippen MR) is 68.8 cm³/mol. The molecule has 1 atom stereocenters. The second kappa shape index (κ2) is 6.23. The van der Waals surface area contributed by atoms with Crippen LogP contribution in [0.2, 0.25) is 0 Å². The SMILES string of the molecule is COc1ccc(C(O)CNC(C)C)cc1Br. The Kier molecular flexibility index (Phi) is 5.25. The van der Waals surface area contributed by atoms with Crippen molar-refractivity contribution in [3.05, 3.63) is 28.2 Å². The van der Waals surface area contributed by atoms with Crippen LogP contribution in [0.1, 0.15) is 25.5 Å². The van der Waals surface area contributed by atoms with Crippen LogP contribution in [-0.2, 0) is 0 Å². The summed E-state index contributed by atoms with van der Waals surface area (Å²) in [6.07, 6.45) is -0.496. The van der Waals surface area contributed by atoms with Gasteiger partial charge in [-0.05, 0) is 33.6 Å². The molecule has 0 spiro atoms. The molecule has 2 N–H and O–H groups in total. The molecule has 0 aliphatic carbocycles. The third-order valence-electron chi connectivity index (χ3n) is 2.28. The third-order valence-corrected chi connectivity index (χ3v) is 2.90. The van der Waals surface area contributed by atoms with Crippen LogP contribution in [0.25, 0.3) is 0 Å². The van der Waals surface area contributed by atoms with Crippen molar-refractivity contribution in [3.8, 4) is 5.75 Å². The molecule has 3 nitrogen and oxygen atoms in total. The largest absolute Gasteiger partial charge is 0.496 e. The number of halogens is 1. The van der Waals surface area contributed by atoms with E-state index in [-0.39, 0.29) is 0 Å². The van der Waals surface area contributed by atoms with E-state index in [0.717, 1.165) is 15.8 Å². The quantitative estimate of drug-likeness (QED) is 0.874. The molecular weight excluding hydrogens is 270 g/mol. The molecule has 1 aromatic rings. The van der Waals surface area contributed by atoms with Gasteiger partial charge in [0.2, 0.25) is 0 Å². The van der Waals surface area contributed by atoms with E-state index in [1.807, 2.05) is 18.2 Å². The van der Waals surface area contributed by atoms with Gasteiger partial charge in [-0.25, -0.2) is 0 Å². The van der Waals surface area contributed by atoms with Crippen molar-refractivity contribution < 1.29 is 9.84 Å². The molecule has 0 fully saturated rings. The van der Waals surface area contributed by atoms with Gasteiger partial charge in [0.05, 0.1) is 17.7 Å². The number of benzene rings is 1. The van der Waals surface area contributed by atoms with Gasteiger partial charge in [0, 0.05) is 12.6 Å². The van der Waals surface area contributed by atoms with E-state index < -0.39 is 6.10 Å². The van der Waals surface area contributed by atoms with Crippen molar-refractivity contribution in [3.63, 3.8) is 0 Å². The normalized spacial score (nSPS) is 12.9. The molecule has 0 aliphatic heterocycles. The Morgan fingerprint density at radius 1 is 1.44 bits per heavy atom. The number of hydrogen-bond donors (Lipinski definition) is 2. The van der Waals surface area contributed by atoms with E-state index >= 15 is 0 Å². The Balaban J connectivity index is 2.69. The number of ether oxygens (including phenoxy) is 1. The van der Waals surface area contributed by atoms with Crippen LogP contribution in [0.4, 0.5) is 0 Å². The highest BCUT2D eigenvalue weighted by Crippen LogP contribution is 2.27. The number of rotatable bonds is 5. The van der Waals surface area contributed by atoms with Crippen LogP contribution in [0.15, 0.2) is 22.7 Å². The molecule has 0 aromatic heterocycles. The molecule has 1 unspecified atom stereocenters. The predicted octanol–water partition coefficient (Wildman–Crippen LogP) is 2.49. The highest BCUT2D eigenvalue weighted by molar-refractivity contribution is 9.10. The Morgan fingerprint density at radius 2 is 2.12 bits per heavy atom. The fraction of sp³-hybridized carbons (Fsp3) is 0.500. The topological polar surface area (TPSA) is 41.5 Å². The lowest BCUT2D eigenvalue weighted by atomic mass is 10.1. The lowest BCUT2D eigenvalue weighted by Crippen LogP contribution is -2.27. The van der Waals surface area contributed by atoms with Crippen LogP contribution in [0.5, 0.6) is 5.75 Å². The zero-order valence-electron chi connectivity index (χ0n) is 9.83. The number of aliphatic hydroxyl groups excluding tert-OH is 1. The molecule has 4 heteroatoms. The summed E-state index contributed by atoms with van der Waals surface area (Å²) < 4.78 is 5.99. The number of hydrogen-bond acceptors (Lipinski definition) is 3. The van der Waals surface area contributed by atoms with E-state index in [1.54, 1.807) is 7.11 Å². The summed E-state index contributed by atoms with van der Waals surface area (Å²) in [6.45, 7) is 4.66. The maximum Gasteiger partial charge on any atom is 0.133 e. The number of methoxy groups -OCH3 is 1. The van der Waals surface area contributed by atoms with Crippen LogP contribution in [0, 0.1) is 0 Å². The molecule has 0 saturated carbocycles. The van der Waals surface area contributed by atoms with Crippen molar-refractivity contribution >= 4 is 15.9 Å². The average molecular weight is 288 g/mol. The van der Waals surface area contributed by atoms with Gasteiger partial charge in [-0.15, -0.1) is 0 Å². The van der Waals surface area contributed by atoms with Crippen molar-refractivity contribution in [2.24, 2.45) is 0 Å². The summed E-state index contributed by atoms with van der Waals surface area (Å²) >= 11 is 3.40. The minimum Gasteiger partial charge on any atom is -0.496 e. The Morgan fingerprint density at radius 3 is 2.62 bits per heavy atom. The smallest absolute Gasteiger partial charge is 0.133 e. The monoisotopic (exact) mass is 287 g/mol. The van der Waals surface area contributed by atoms with Crippen molar-refractivity contribution in [2.75, 3.05) is 13.7 Å². The molecule has 0 radical (unpaired) electrons. The van der Waals surface area contributed by atoms with Crippen molar-refractivity contribution in [2.45, 2.75) is 26.0 Å². The number of aliphatic hydroxyl groups is 1. The van der Waals surface area contributed by atoms with Gasteiger partial charge < -0.3 is 15.2 Å². The summed E-state index contributed by atoms with van der Waals surface area (Å²) in [5.41, 5.74) is 0.876. The summed E-state index contributed by atoms with van der Waals surface area (Å²) in [5.74, 6) is 0.771. The van der Waals surface area contributed by atoms with Crippen LogP contribution in [-0.4, -0.2) is 24.8 Å². The molecule has 0 heterocycles. The lowest BCUT2D eigenvalue weighted by molar-refractivity contribution is 0.171. The van der Waals surface area contributed by atoms with E-state index in [0.29, 0.717) is 12.6 Å². The second-order valence-corrected chi connectivity index (χ2v) is 4.83. The Bertz CT molecular complexity index is 342. The standard InChI is InChI=1S/C12H18BrNO2/c1-8(2)14-7-11(15)9-4-5-12(16-3)10(13)6-9/h4-6,8,11,14-15H,7H2,1-3H3. The highest BCUT2D eigenvalue weighted by Gasteiger charge is 2.10. The maximum absolute atomic E-state index is 9.93. The van der Waals surface area contributed by atoms with Crippen LogP contribution < -0.4 is 10.1 Å². The van der Waals surface area contributed by atoms with E-state index in [9.17, 15) is 5.11 Å². The summed E-state index contributed by atoms with van der Waals surface area (Å²) in [6, 6.07) is 5.97.